The van der Waals surface area contributed by atoms with Crippen LogP contribution in [-0.4, -0.2) is 6.61 Å². The Bertz CT molecular complexity index is 573. The third kappa shape index (κ3) is 4.67. The van der Waals surface area contributed by atoms with Crippen LogP contribution in [0.1, 0.15) is 25.0 Å². The third-order valence-corrected chi connectivity index (χ3v) is 3.01. The van der Waals surface area contributed by atoms with E-state index < -0.39 is 0 Å². The van der Waals surface area contributed by atoms with Gasteiger partial charge in [0.1, 0.15) is 6.61 Å². The van der Waals surface area contributed by atoms with Crippen LogP contribution in [0.3, 0.4) is 0 Å². The normalized spacial score (nSPS) is 10.4. The van der Waals surface area contributed by atoms with Crippen LogP contribution in [0.25, 0.3) is 6.08 Å². The van der Waals surface area contributed by atoms with Crippen molar-refractivity contribution in [3.63, 3.8) is 0 Å². The Balaban J connectivity index is 2.12. The first-order chi connectivity index (χ1) is 10.2. The second kappa shape index (κ2) is 7.53. The van der Waals surface area contributed by atoms with Crippen molar-refractivity contribution >= 4 is 6.08 Å². The average Bonchev–Trinajstić information content (AvgIpc) is 2.52. The van der Waals surface area contributed by atoms with Crippen LogP contribution in [0.4, 0.5) is 0 Å². The molecule has 0 atom stereocenters. The molecule has 0 unspecified atom stereocenters. The van der Waals surface area contributed by atoms with Gasteiger partial charge < -0.3 is 9.47 Å². The molecule has 21 heavy (non-hydrogen) atoms. The highest BCUT2D eigenvalue weighted by Gasteiger charge is 2.07. The molecule has 0 radical (unpaired) electrons. The van der Waals surface area contributed by atoms with Crippen molar-refractivity contribution in [1.29, 1.82) is 0 Å². The SMILES string of the molecule is C=Cc1ccc(OCC(C)C)c(OCc2ccccc2)c1. The van der Waals surface area contributed by atoms with Gasteiger partial charge in [-0.2, -0.15) is 0 Å². The molecule has 0 fully saturated rings. The van der Waals surface area contributed by atoms with E-state index in [0.29, 0.717) is 19.1 Å². The summed E-state index contributed by atoms with van der Waals surface area (Å²) in [6.07, 6.45) is 1.81. The van der Waals surface area contributed by atoms with Gasteiger partial charge in [-0.25, -0.2) is 0 Å². The van der Waals surface area contributed by atoms with Gasteiger partial charge in [0.2, 0.25) is 0 Å². The second-order valence-corrected chi connectivity index (χ2v) is 5.39. The quantitative estimate of drug-likeness (QED) is 0.716. The topological polar surface area (TPSA) is 18.5 Å². The molecule has 0 N–H and O–H groups in total. The number of hydrogen-bond acceptors (Lipinski definition) is 2. The lowest BCUT2D eigenvalue weighted by atomic mass is 10.2. The molecule has 2 nitrogen and oxygen atoms in total. The zero-order chi connectivity index (χ0) is 15.1. The van der Waals surface area contributed by atoms with E-state index >= 15 is 0 Å². The first kappa shape index (κ1) is 15.2. The van der Waals surface area contributed by atoms with E-state index in [9.17, 15) is 0 Å². The lowest BCUT2D eigenvalue weighted by Gasteiger charge is -2.15. The van der Waals surface area contributed by atoms with E-state index in [1.54, 1.807) is 0 Å². The summed E-state index contributed by atoms with van der Waals surface area (Å²) in [5, 5.41) is 0. The number of hydrogen-bond donors (Lipinski definition) is 0. The van der Waals surface area contributed by atoms with Gasteiger partial charge in [0.05, 0.1) is 6.61 Å². The molecule has 0 saturated heterocycles. The maximum absolute atomic E-state index is 5.93. The van der Waals surface area contributed by atoms with Crippen molar-refractivity contribution in [2.75, 3.05) is 6.61 Å². The summed E-state index contributed by atoms with van der Waals surface area (Å²) in [4.78, 5) is 0. The van der Waals surface area contributed by atoms with Gasteiger partial charge in [-0.15, -0.1) is 0 Å². The summed E-state index contributed by atoms with van der Waals surface area (Å²) in [6, 6.07) is 16.0. The molecule has 0 aliphatic rings. The fraction of sp³-hybridized carbons (Fsp3) is 0.263. The number of ether oxygens (including phenoxy) is 2. The Morgan fingerprint density at radius 1 is 1.00 bits per heavy atom. The maximum Gasteiger partial charge on any atom is 0.162 e. The first-order valence-electron chi connectivity index (χ1n) is 7.25. The van der Waals surface area contributed by atoms with Gasteiger partial charge in [0, 0.05) is 0 Å². The molecule has 0 aliphatic carbocycles. The van der Waals surface area contributed by atoms with Crippen LogP contribution in [0.5, 0.6) is 11.5 Å². The lowest BCUT2D eigenvalue weighted by molar-refractivity contribution is 0.240. The molecule has 0 saturated carbocycles. The zero-order valence-corrected chi connectivity index (χ0v) is 12.7. The molecule has 0 bridgehead atoms. The Labute approximate surface area is 127 Å². The summed E-state index contributed by atoms with van der Waals surface area (Å²) in [6.45, 7) is 9.26. The van der Waals surface area contributed by atoms with Crippen molar-refractivity contribution in [2.24, 2.45) is 5.92 Å². The molecule has 2 aromatic carbocycles. The fourth-order valence-corrected chi connectivity index (χ4v) is 1.88. The predicted octanol–water partition coefficient (Wildman–Crippen LogP) is 4.94. The highest BCUT2D eigenvalue weighted by Crippen LogP contribution is 2.30. The summed E-state index contributed by atoms with van der Waals surface area (Å²) in [7, 11) is 0. The Morgan fingerprint density at radius 3 is 2.43 bits per heavy atom. The molecular weight excluding hydrogens is 260 g/mol. The van der Waals surface area contributed by atoms with Crippen molar-refractivity contribution in [3.8, 4) is 11.5 Å². The summed E-state index contributed by atoms with van der Waals surface area (Å²) in [5.41, 5.74) is 2.16. The fourth-order valence-electron chi connectivity index (χ4n) is 1.88. The lowest BCUT2D eigenvalue weighted by Crippen LogP contribution is -2.06. The molecule has 0 heterocycles. The van der Waals surface area contributed by atoms with E-state index in [-0.39, 0.29) is 0 Å². The average molecular weight is 282 g/mol. The van der Waals surface area contributed by atoms with Crippen molar-refractivity contribution in [3.05, 3.63) is 66.2 Å². The zero-order valence-electron chi connectivity index (χ0n) is 12.7. The van der Waals surface area contributed by atoms with Gasteiger partial charge in [-0.3, -0.25) is 0 Å². The minimum absolute atomic E-state index is 0.478. The van der Waals surface area contributed by atoms with Crippen molar-refractivity contribution in [2.45, 2.75) is 20.5 Å². The van der Waals surface area contributed by atoms with Crippen LogP contribution in [0, 0.1) is 5.92 Å². The summed E-state index contributed by atoms with van der Waals surface area (Å²) >= 11 is 0. The Morgan fingerprint density at radius 2 is 1.76 bits per heavy atom. The van der Waals surface area contributed by atoms with E-state index in [2.05, 4.69) is 20.4 Å². The van der Waals surface area contributed by atoms with Crippen LogP contribution >= 0.6 is 0 Å². The van der Waals surface area contributed by atoms with Gasteiger partial charge in [-0.05, 0) is 29.2 Å². The van der Waals surface area contributed by atoms with Gasteiger partial charge in [0.25, 0.3) is 0 Å². The van der Waals surface area contributed by atoms with Gasteiger partial charge in [0.15, 0.2) is 11.5 Å². The summed E-state index contributed by atoms with van der Waals surface area (Å²) in [5.74, 6) is 2.02. The minimum atomic E-state index is 0.478. The molecule has 110 valence electrons. The van der Waals surface area contributed by atoms with Crippen molar-refractivity contribution in [1.82, 2.24) is 0 Å². The predicted molar refractivity (Wildman–Crippen MR) is 87.6 cm³/mol. The van der Waals surface area contributed by atoms with E-state index in [4.69, 9.17) is 9.47 Å². The van der Waals surface area contributed by atoms with E-state index in [1.807, 2.05) is 54.6 Å². The highest BCUT2D eigenvalue weighted by atomic mass is 16.5. The number of benzene rings is 2. The van der Waals surface area contributed by atoms with Crippen LogP contribution in [0.2, 0.25) is 0 Å². The highest BCUT2D eigenvalue weighted by molar-refractivity contribution is 5.54. The first-order valence-corrected chi connectivity index (χ1v) is 7.25. The Hall–Kier alpha value is -2.22. The minimum Gasteiger partial charge on any atom is -0.489 e. The largest absolute Gasteiger partial charge is 0.489 e. The Kier molecular flexibility index (Phi) is 5.44. The van der Waals surface area contributed by atoms with Crippen LogP contribution in [-0.2, 0) is 6.61 Å². The molecule has 2 aromatic rings. The van der Waals surface area contributed by atoms with Gasteiger partial charge in [-0.1, -0.05) is 62.9 Å². The second-order valence-electron chi connectivity index (χ2n) is 5.39. The number of rotatable bonds is 7. The molecule has 0 aliphatic heterocycles. The van der Waals surface area contributed by atoms with Crippen molar-refractivity contribution < 1.29 is 9.47 Å². The molecular formula is C19H22O2. The van der Waals surface area contributed by atoms with Crippen LogP contribution in [0.15, 0.2) is 55.1 Å². The smallest absolute Gasteiger partial charge is 0.162 e. The monoisotopic (exact) mass is 282 g/mol. The third-order valence-electron chi connectivity index (χ3n) is 3.01. The summed E-state index contributed by atoms with van der Waals surface area (Å²) < 4.78 is 11.8. The maximum atomic E-state index is 5.93. The van der Waals surface area contributed by atoms with Crippen LogP contribution < -0.4 is 9.47 Å². The van der Waals surface area contributed by atoms with E-state index in [1.165, 1.54) is 0 Å². The molecule has 2 heteroatoms. The molecule has 0 aromatic heterocycles. The molecule has 0 amide bonds. The van der Waals surface area contributed by atoms with Gasteiger partial charge >= 0.3 is 0 Å². The molecule has 2 rings (SSSR count). The molecule has 0 spiro atoms. The standard InChI is InChI=1S/C19H22O2/c1-4-16-10-11-18(20-13-15(2)3)19(12-16)21-14-17-8-6-5-7-9-17/h4-12,15H,1,13-14H2,2-3H3. The van der Waals surface area contributed by atoms with E-state index in [0.717, 1.165) is 22.6 Å².